The highest BCUT2D eigenvalue weighted by Crippen LogP contribution is 2.23. The SMILES string of the molecule is O=S(=O)(NC1CCOCC1)c1ccc(F)cc1Br. The van der Waals surface area contributed by atoms with E-state index in [0.29, 0.717) is 26.1 Å². The summed E-state index contributed by atoms with van der Waals surface area (Å²) in [6.07, 6.45) is 1.30. The lowest BCUT2D eigenvalue weighted by molar-refractivity contribution is 0.0832. The number of sulfonamides is 1. The lowest BCUT2D eigenvalue weighted by atomic mass is 10.1. The van der Waals surface area contributed by atoms with Gasteiger partial charge in [-0.3, -0.25) is 0 Å². The molecule has 2 rings (SSSR count). The van der Waals surface area contributed by atoms with E-state index in [4.69, 9.17) is 4.74 Å². The fraction of sp³-hybridized carbons (Fsp3) is 0.455. The van der Waals surface area contributed by atoms with Gasteiger partial charge in [0.25, 0.3) is 0 Å². The van der Waals surface area contributed by atoms with E-state index < -0.39 is 15.8 Å². The summed E-state index contributed by atoms with van der Waals surface area (Å²) in [7, 11) is -3.63. The van der Waals surface area contributed by atoms with E-state index in [1.165, 1.54) is 6.07 Å². The molecule has 7 heteroatoms. The predicted molar refractivity (Wildman–Crippen MR) is 68.3 cm³/mol. The molecule has 1 aromatic carbocycles. The van der Waals surface area contributed by atoms with Crippen LogP contribution in [0.4, 0.5) is 4.39 Å². The van der Waals surface area contributed by atoms with Gasteiger partial charge in [-0.2, -0.15) is 0 Å². The minimum atomic E-state index is -3.63. The summed E-state index contributed by atoms with van der Waals surface area (Å²) in [6.45, 7) is 1.11. The quantitative estimate of drug-likeness (QED) is 0.918. The van der Waals surface area contributed by atoms with Crippen molar-refractivity contribution in [3.8, 4) is 0 Å². The molecule has 1 saturated heterocycles. The van der Waals surface area contributed by atoms with Crippen molar-refractivity contribution >= 4 is 26.0 Å². The normalized spacial score (nSPS) is 17.9. The molecule has 1 aromatic rings. The Morgan fingerprint density at radius 2 is 2.00 bits per heavy atom. The Morgan fingerprint density at radius 1 is 1.33 bits per heavy atom. The third-order valence-electron chi connectivity index (χ3n) is 2.73. The molecule has 1 heterocycles. The van der Waals surface area contributed by atoms with Gasteiger partial charge in [0.2, 0.25) is 10.0 Å². The zero-order valence-electron chi connectivity index (χ0n) is 9.53. The molecular formula is C11H13BrFNO3S. The number of rotatable bonds is 3. The van der Waals surface area contributed by atoms with Crippen molar-refractivity contribution < 1.29 is 17.5 Å². The van der Waals surface area contributed by atoms with Crippen LogP contribution < -0.4 is 4.72 Å². The number of halogens is 2. The van der Waals surface area contributed by atoms with Gasteiger partial charge < -0.3 is 4.74 Å². The Labute approximate surface area is 114 Å². The Morgan fingerprint density at radius 3 is 2.61 bits per heavy atom. The van der Waals surface area contributed by atoms with Crippen LogP contribution in [0.1, 0.15) is 12.8 Å². The van der Waals surface area contributed by atoms with Gasteiger partial charge in [0.05, 0.1) is 4.90 Å². The fourth-order valence-corrected chi connectivity index (χ4v) is 4.15. The van der Waals surface area contributed by atoms with Crippen molar-refractivity contribution in [2.24, 2.45) is 0 Å². The lowest BCUT2D eigenvalue weighted by Gasteiger charge is -2.23. The first-order chi connectivity index (χ1) is 8.49. The van der Waals surface area contributed by atoms with E-state index in [1.54, 1.807) is 0 Å². The molecule has 0 atom stereocenters. The van der Waals surface area contributed by atoms with Crippen molar-refractivity contribution in [1.29, 1.82) is 0 Å². The number of nitrogens with one attached hydrogen (secondary N) is 1. The van der Waals surface area contributed by atoms with Crippen LogP contribution in [0.3, 0.4) is 0 Å². The van der Waals surface area contributed by atoms with Crippen molar-refractivity contribution in [3.05, 3.63) is 28.5 Å². The maximum absolute atomic E-state index is 12.9. The first-order valence-electron chi connectivity index (χ1n) is 5.54. The number of ether oxygens (including phenoxy) is 1. The van der Waals surface area contributed by atoms with Crippen molar-refractivity contribution in [1.82, 2.24) is 4.72 Å². The number of hydrogen-bond acceptors (Lipinski definition) is 3. The molecule has 1 aliphatic rings. The van der Waals surface area contributed by atoms with E-state index in [9.17, 15) is 12.8 Å². The summed E-state index contributed by atoms with van der Waals surface area (Å²) >= 11 is 3.06. The Hall–Kier alpha value is -0.500. The molecule has 0 aliphatic carbocycles. The van der Waals surface area contributed by atoms with Crippen LogP contribution in [0.25, 0.3) is 0 Å². The lowest BCUT2D eigenvalue weighted by Crippen LogP contribution is -2.38. The zero-order valence-corrected chi connectivity index (χ0v) is 11.9. The molecule has 0 spiro atoms. The molecule has 0 amide bonds. The molecule has 18 heavy (non-hydrogen) atoms. The second-order valence-corrected chi connectivity index (χ2v) is 6.62. The van der Waals surface area contributed by atoms with Crippen molar-refractivity contribution in [2.75, 3.05) is 13.2 Å². The monoisotopic (exact) mass is 337 g/mol. The summed E-state index contributed by atoms with van der Waals surface area (Å²) in [5, 5.41) is 0. The smallest absolute Gasteiger partial charge is 0.241 e. The first-order valence-corrected chi connectivity index (χ1v) is 7.82. The molecule has 0 radical (unpaired) electrons. The average molecular weight is 338 g/mol. The van der Waals surface area contributed by atoms with Crippen molar-refractivity contribution in [3.63, 3.8) is 0 Å². The summed E-state index contributed by atoms with van der Waals surface area (Å²) < 4.78 is 45.2. The van der Waals surface area contributed by atoms with Crippen LogP contribution in [0, 0.1) is 5.82 Å². The van der Waals surface area contributed by atoms with E-state index >= 15 is 0 Å². The zero-order chi connectivity index (χ0) is 13.2. The van der Waals surface area contributed by atoms with Gasteiger partial charge in [-0.05, 0) is 47.0 Å². The van der Waals surface area contributed by atoms with E-state index in [0.717, 1.165) is 12.1 Å². The number of hydrogen-bond donors (Lipinski definition) is 1. The van der Waals surface area contributed by atoms with Crippen LogP contribution in [-0.2, 0) is 14.8 Å². The van der Waals surface area contributed by atoms with Crippen molar-refractivity contribution in [2.45, 2.75) is 23.8 Å². The van der Waals surface area contributed by atoms with Gasteiger partial charge in [-0.25, -0.2) is 17.5 Å². The highest BCUT2D eigenvalue weighted by atomic mass is 79.9. The molecular weight excluding hydrogens is 325 g/mol. The molecule has 0 saturated carbocycles. The molecule has 0 bridgehead atoms. The second-order valence-electron chi connectivity index (χ2n) is 4.08. The van der Waals surface area contributed by atoms with E-state index in [1.807, 2.05) is 0 Å². The minimum absolute atomic E-state index is 0.0513. The first kappa shape index (κ1) is 13.9. The van der Waals surface area contributed by atoms with Crippen LogP contribution in [-0.4, -0.2) is 27.7 Å². The number of benzene rings is 1. The van der Waals surface area contributed by atoms with Gasteiger partial charge in [0.15, 0.2) is 0 Å². The largest absolute Gasteiger partial charge is 0.381 e. The van der Waals surface area contributed by atoms with Crippen LogP contribution in [0.15, 0.2) is 27.6 Å². The molecule has 1 fully saturated rings. The molecule has 1 aliphatic heterocycles. The third-order valence-corrected chi connectivity index (χ3v) is 5.22. The minimum Gasteiger partial charge on any atom is -0.381 e. The predicted octanol–water partition coefficient (Wildman–Crippen LogP) is 2.05. The molecule has 0 aromatic heterocycles. The summed E-state index contributed by atoms with van der Waals surface area (Å²) in [5.41, 5.74) is 0. The molecule has 4 nitrogen and oxygen atoms in total. The molecule has 0 unspecified atom stereocenters. The summed E-state index contributed by atoms with van der Waals surface area (Å²) in [4.78, 5) is 0.0513. The summed E-state index contributed by atoms with van der Waals surface area (Å²) in [6, 6.07) is 3.39. The van der Waals surface area contributed by atoms with Gasteiger partial charge in [0.1, 0.15) is 5.82 Å². The van der Waals surface area contributed by atoms with Gasteiger partial charge >= 0.3 is 0 Å². The Bertz CT molecular complexity index is 529. The van der Waals surface area contributed by atoms with E-state index in [2.05, 4.69) is 20.7 Å². The maximum Gasteiger partial charge on any atom is 0.241 e. The van der Waals surface area contributed by atoms with Gasteiger partial charge in [-0.1, -0.05) is 0 Å². The van der Waals surface area contributed by atoms with Crippen LogP contribution >= 0.6 is 15.9 Å². The highest BCUT2D eigenvalue weighted by molar-refractivity contribution is 9.10. The third kappa shape index (κ3) is 3.28. The van der Waals surface area contributed by atoms with Gasteiger partial charge in [-0.15, -0.1) is 0 Å². The standard InChI is InChI=1S/C11H13BrFNO3S/c12-10-7-8(13)1-2-11(10)18(15,16)14-9-3-5-17-6-4-9/h1-2,7,9,14H,3-6H2. The molecule has 1 N–H and O–H groups in total. The Kier molecular flexibility index (Phi) is 4.37. The topological polar surface area (TPSA) is 55.4 Å². The second kappa shape index (κ2) is 5.64. The Balaban J connectivity index is 2.19. The average Bonchev–Trinajstić information content (AvgIpc) is 2.29. The molecule has 100 valence electrons. The highest BCUT2D eigenvalue weighted by Gasteiger charge is 2.23. The fourth-order valence-electron chi connectivity index (χ4n) is 1.79. The van der Waals surface area contributed by atoms with Gasteiger partial charge in [0, 0.05) is 23.7 Å². The van der Waals surface area contributed by atoms with Crippen LogP contribution in [0.5, 0.6) is 0 Å². The summed E-state index contributed by atoms with van der Waals surface area (Å²) in [5.74, 6) is -0.480. The van der Waals surface area contributed by atoms with E-state index in [-0.39, 0.29) is 15.4 Å². The van der Waals surface area contributed by atoms with Crippen LogP contribution in [0.2, 0.25) is 0 Å². The maximum atomic E-state index is 12.9.